The number of carbonyl (C=O) groups excluding carboxylic acids is 1. The van der Waals surface area contributed by atoms with E-state index in [2.05, 4.69) is 34.9 Å². The molecule has 41 heavy (non-hydrogen) atoms. The van der Waals surface area contributed by atoms with Crippen LogP contribution in [0.5, 0.6) is 0 Å². The number of aromatic amines is 1. The van der Waals surface area contributed by atoms with Crippen molar-refractivity contribution in [1.82, 2.24) is 39.9 Å². The van der Waals surface area contributed by atoms with Crippen LogP contribution in [0.2, 0.25) is 0 Å². The van der Waals surface area contributed by atoms with Crippen LogP contribution < -0.4 is 10.5 Å². The molecular weight excluding hydrogens is 520 g/mol. The molecule has 0 aliphatic carbocycles. The summed E-state index contributed by atoms with van der Waals surface area (Å²) in [7, 11) is 6.00. The Bertz CT molecular complexity index is 1720. The molecule has 2 aliphatic heterocycles. The highest BCUT2D eigenvalue weighted by atomic mass is 19.1. The fourth-order valence-corrected chi connectivity index (χ4v) is 5.74. The highest BCUT2D eigenvalue weighted by Gasteiger charge is 2.30. The predicted molar refractivity (Wildman–Crippen MR) is 155 cm³/mol. The van der Waals surface area contributed by atoms with Gasteiger partial charge in [-0.1, -0.05) is 0 Å². The zero-order valence-electron chi connectivity index (χ0n) is 22.4. The Kier molecular flexibility index (Phi) is 6.54. The van der Waals surface area contributed by atoms with Crippen LogP contribution in [0.1, 0.15) is 18.2 Å². The Morgan fingerprint density at radius 1 is 0.976 bits per heavy atom. The lowest BCUT2D eigenvalue weighted by Crippen LogP contribution is -2.51. The number of amides is 1. The molecule has 10 nitrogen and oxygen atoms in total. The Morgan fingerprint density at radius 3 is 2.54 bits per heavy atom. The molecule has 2 radical (unpaired) electrons. The van der Waals surface area contributed by atoms with Crippen molar-refractivity contribution >= 4 is 46.8 Å². The lowest BCUT2D eigenvalue weighted by molar-refractivity contribution is -0.132. The first-order valence-corrected chi connectivity index (χ1v) is 13.7. The largest absolute Gasteiger partial charge is 0.368 e. The number of halogens is 1. The minimum Gasteiger partial charge on any atom is -0.368 e. The van der Waals surface area contributed by atoms with Gasteiger partial charge in [0.15, 0.2) is 11.6 Å². The second-order valence-corrected chi connectivity index (χ2v) is 10.7. The van der Waals surface area contributed by atoms with Gasteiger partial charge in [0.2, 0.25) is 5.91 Å². The highest BCUT2D eigenvalue weighted by molar-refractivity contribution is 6.37. The number of H-pyrrole nitrogens is 1. The molecule has 7 rings (SSSR count). The van der Waals surface area contributed by atoms with Crippen molar-refractivity contribution < 1.29 is 9.18 Å². The number of benzene rings is 2. The smallest absolute Gasteiger partial charge is 0.236 e. The van der Waals surface area contributed by atoms with E-state index in [0.717, 1.165) is 71.5 Å². The number of rotatable bonds is 5. The van der Waals surface area contributed by atoms with Gasteiger partial charge in [0.1, 0.15) is 13.7 Å². The van der Waals surface area contributed by atoms with Gasteiger partial charge >= 0.3 is 0 Å². The van der Waals surface area contributed by atoms with E-state index in [4.69, 9.17) is 12.8 Å². The zero-order valence-corrected chi connectivity index (χ0v) is 22.4. The number of hydrogen-bond acceptors (Lipinski definition) is 8. The number of hydrogen-bond donors (Lipinski definition) is 1. The van der Waals surface area contributed by atoms with E-state index >= 15 is 0 Å². The summed E-state index contributed by atoms with van der Waals surface area (Å²) in [4.78, 5) is 37.1. The summed E-state index contributed by atoms with van der Waals surface area (Å²) in [6, 6.07) is 11.8. The summed E-state index contributed by atoms with van der Waals surface area (Å²) < 4.78 is 13.1. The lowest BCUT2D eigenvalue weighted by atomic mass is 9.99. The maximum absolute atomic E-state index is 13.1. The number of piperazine rings is 1. The molecule has 2 aliphatic rings. The minimum absolute atomic E-state index is 0.159. The molecule has 1 amide bonds. The summed E-state index contributed by atoms with van der Waals surface area (Å²) in [5.74, 6) is 1.19. The molecule has 1 N–H and O–H groups in total. The number of aromatic nitrogens is 6. The van der Waals surface area contributed by atoms with Crippen LogP contribution in [0, 0.1) is 5.82 Å². The molecule has 3 aromatic heterocycles. The Hall–Kier alpha value is -4.45. The number of likely N-dealkylation sites (tertiary alicyclic amines) is 1. The topological polar surface area (TPSA) is 107 Å². The maximum Gasteiger partial charge on any atom is 0.236 e. The van der Waals surface area contributed by atoms with Gasteiger partial charge in [-0.25, -0.2) is 24.3 Å². The third kappa shape index (κ3) is 5.10. The van der Waals surface area contributed by atoms with E-state index in [1.165, 1.54) is 12.4 Å². The lowest BCUT2D eigenvalue weighted by Gasteiger charge is -2.36. The van der Waals surface area contributed by atoms with Crippen LogP contribution in [-0.2, 0) is 4.79 Å². The number of nitrogens with one attached hydrogen (secondary N) is 1. The van der Waals surface area contributed by atoms with Gasteiger partial charge in [-0.15, -0.1) is 0 Å². The average Bonchev–Trinajstić information content (AvgIpc) is 3.62. The van der Waals surface area contributed by atoms with Crippen LogP contribution in [0.15, 0.2) is 55.0 Å². The predicted octanol–water partition coefficient (Wildman–Crippen LogP) is 2.03. The highest BCUT2D eigenvalue weighted by Crippen LogP contribution is 2.27. The minimum atomic E-state index is -0.454. The van der Waals surface area contributed by atoms with Crippen molar-refractivity contribution in [3.8, 4) is 11.4 Å². The van der Waals surface area contributed by atoms with E-state index in [1.807, 2.05) is 47.5 Å². The molecule has 0 bridgehead atoms. The summed E-state index contributed by atoms with van der Waals surface area (Å²) in [6.07, 6.45) is 5.10. The van der Waals surface area contributed by atoms with E-state index in [1.54, 1.807) is 0 Å². The molecule has 1 atom stereocenters. The Morgan fingerprint density at radius 2 is 1.76 bits per heavy atom. The van der Waals surface area contributed by atoms with Gasteiger partial charge in [0.05, 0.1) is 30.0 Å². The van der Waals surface area contributed by atoms with Gasteiger partial charge in [-0.05, 0) is 55.0 Å². The summed E-state index contributed by atoms with van der Waals surface area (Å²) in [6.45, 7) is 4.90. The van der Waals surface area contributed by atoms with Crippen LogP contribution in [0.25, 0.3) is 33.2 Å². The van der Waals surface area contributed by atoms with Crippen molar-refractivity contribution in [3.63, 3.8) is 0 Å². The van der Waals surface area contributed by atoms with E-state index in [9.17, 15) is 9.18 Å². The van der Waals surface area contributed by atoms with Gasteiger partial charge in [0, 0.05) is 66.9 Å². The molecule has 2 aromatic carbocycles. The second kappa shape index (κ2) is 10.5. The zero-order chi connectivity index (χ0) is 27.9. The maximum atomic E-state index is 13.1. The van der Waals surface area contributed by atoms with Crippen LogP contribution in [0.3, 0.4) is 0 Å². The molecule has 2 fully saturated rings. The summed E-state index contributed by atoms with van der Waals surface area (Å²) in [5.41, 5.74) is 4.09. The first kappa shape index (κ1) is 25.5. The Labute approximate surface area is 237 Å². The second-order valence-electron chi connectivity index (χ2n) is 10.7. The molecule has 5 aromatic rings. The van der Waals surface area contributed by atoms with Crippen molar-refractivity contribution in [1.29, 1.82) is 0 Å². The van der Waals surface area contributed by atoms with E-state index < -0.39 is 5.82 Å². The fourth-order valence-electron chi connectivity index (χ4n) is 5.74. The van der Waals surface area contributed by atoms with Crippen LogP contribution >= 0.6 is 0 Å². The molecule has 5 heterocycles. The number of fused-ring (bicyclic) bond motifs is 2. The van der Waals surface area contributed by atoms with Crippen molar-refractivity contribution in [2.24, 2.45) is 0 Å². The molecule has 0 spiro atoms. The molecule has 12 heteroatoms. The number of carbonyl (C=O) groups is 1. The van der Waals surface area contributed by atoms with Gasteiger partial charge in [0.25, 0.3) is 0 Å². The summed E-state index contributed by atoms with van der Waals surface area (Å²) >= 11 is 0. The van der Waals surface area contributed by atoms with Crippen molar-refractivity contribution in [3.05, 3.63) is 66.6 Å². The average molecular weight is 547 g/mol. The number of nitrogens with zero attached hydrogens (tertiary/aromatic N) is 8. The first-order chi connectivity index (χ1) is 20.0. The molecule has 0 saturated carbocycles. The third-order valence-corrected chi connectivity index (χ3v) is 8.04. The van der Waals surface area contributed by atoms with Crippen molar-refractivity contribution in [2.75, 3.05) is 50.7 Å². The van der Waals surface area contributed by atoms with Gasteiger partial charge in [-0.2, -0.15) is 5.10 Å². The van der Waals surface area contributed by atoms with Gasteiger partial charge in [-0.3, -0.25) is 14.8 Å². The van der Waals surface area contributed by atoms with Crippen LogP contribution in [0.4, 0.5) is 10.1 Å². The van der Waals surface area contributed by atoms with Gasteiger partial charge < -0.3 is 9.80 Å². The Balaban J connectivity index is 0.931. The quantitative estimate of drug-likeness (QED) is 0.334. The number of anilines is 1. The standard InChI is InChI=1S/C29H27BFN9O/c30-27-23-12-24-20(11-25(23)36-37-27)13-32-29(35-24)19-5-6-38(16-19)17-26(41)40-9-7-39(8-10-40)22-3-1-18(2-4-22)28-33-14-21(31)15-34-28/h1-4,11-15,19H,5-10,16-17H2,(H,36,37)/t19-/m1/s1. The molecule has 204 valence electrons. The third-order valence-electron chi connectivity index (χ3n) is 8.04. The molecule has 0 unspecified atom stereocenters. The SMILES string of the molecule is [B]c1[nH]nc2cc3cnc([C@@H]4CCN(CC(=O)N5CCN(c6ccc(-c7ncc(F)cn7)cc6)CC5)C4)nc3cc12. The molecule has 2 saturated heterocycles. The van der Waals surface area contributed by atoms with E-state index in [-0.39, 0.29) is 11.8 Å². The van der Waals surface area contributed by atoms with Crippen LogP contribution in [-0.4, -0.2) is 99.5 Å². The van der Waals surface area contributed by atoms with Crippen molar-refractivity contribution in [2.45, 2.75) is 12.3 Å². The monoisotopic (exact) mass is 547 g/mol. The van der Waals surface area contributed by atoms with E-state index in [0.29, 0.717) is 31.1 Å². The molecular formula is C29H27BFN9O. The fraction of sp³-hybridized carbons (Fsp3) is 0.310. The normalized spacial score (nSPS) is 18.0. The first-order valence-electron chi connectivity index (χ1n) is 13.7. The summed E-state index contributed by atoms with van der Waals surface area (Å²) in [5, 5.41) is 8.81.